The maximum absolute atomic E-state index is 12.3. The molecule has 0 aromatic rings. The molecule has 0 fully saturated rings. The summed E-state index contributed by atoms with van der Waals surface area (Å²) in [6, 6.07) is 0.208. The number of nitrogens with zero attached hydrogens (tertiary/aromatic N) is 1. The van der Waals surface area contributed by atoms with Gasteiger partial charge >= 0.3 is 5.97 Å². The van der Waals surface area contributed by atoms with E-state index in [1.807, 2.05) is 4.90 Å². The highest BCUT2D eigenvalue weighted by molar-refractivity contribution is 5.77. The average molecular weight is 273 g/mol. The molecule has 0 heterocycles. The van der Waals surface area contributed by atoms with E-state index in [4.69, 9.17) is 9.84 Å². The summed E-state index contributed by atoms with van der Waals surface area (Å²) in [5.41, 5.74) is 0. The first-order valence-electron chi connectivity index (χ1n) is 6.96. The van der Waals surface area contributed by atoms with Gasteiger partial charge in [-0.3, -0.25) is 9.59 Å². The molecule has 5 nitrogen and oxygen atoms in total. The Morgan fingerprint density at radius 1 is 1.21 bits per heavy atom. The van der Waals surface area contributed by atoms with Gasteiger partial charge in [0, 0.05) is 32.5 Å². The summed E-state index contributed by atoms with van der Waals surface area (Å²) in [5.74, 6) is -0.963. The predicted molar refractivity (Wildman–Crippen MR) is 74.0 cm³/mol. The second kappa shape index (κ2) is 9.78. The summed E-state index contributed by atoms with van der Waals surface area (Å²) in [6.45, 7) is 6.99. The van der Waals surface area contributed by atoms with Gasteiger partial charge < -0.3 is 14.7 Å². The Morgan fingerprint density at radius 3 is 2.21 bits per heavy atom. The summed E-state index contributed by atoms with van der Waals surface area (Å²) in [7, 11) is 1.61. The lowest BCUT2D eigenvalue weighted by Crippen LogP contribution is -2.42. The number of carboxylic acid groups (broad SMARTS) is 1. The molecular formula is C14H27NO4. The molecule has 112 valence electrons. The molecule has 1 unspecified atom stereocenters. The Bertz CT molecular complexity index is 277. The van der Waals surface area contributed by atoms with Crippen molar-refractivity contribution in [3.05, 3.63) is 0 Å². The molecule has 0 saturated heterocycles. The Balaban J connectivity index is 4.56. The summed E-state index contributed by atoms with van der Waals surface area (Å²) in [6.07, 6.45) is 2.12. The number of aliphatic carboxylic acids is 1. The zero-order valence-electron chi connectivity index (χ0n) is 12.5. The van der Waals surface area contributed by atoms with Crippen molar-refractivity contribution >= 4 is 11.9 Å². The molecule has 19 heavy (non-hydrogen) atoms. The number of hydrogen-bond donors (Lipinski definition) is 1. The third-order valence-electron chi connectivity index (χ3n) is 3.29. The van der Waals surface area contributed by atoms with E-state index >= 15 is 0 Å². The van der Waals surface area contributed by atoms with Gasteiger partial charge in [0.15, 0.2) is 0 Å². The van der Waals surface area contributed by atoms with Gasteiger partial charge in [0.1, 0.15) is 0 Å². The maximum atomic E-state index is 12.3. The van der Waals surface area contributed by atoms with E-state index in [-0.39, 0.29) is 30.7 Å². The SMILES string of the molecule is CCC(CC)N(CCOC)C(=O)CC(C)CC(=O)O. The van der Waals surface area contributed by atoms with Gasteiger partial charge in [0.2, 0.25) is 5.91 Å². The lowest BCUT2D eigenvalue weighted by atomic mass is 10.0. The van der Waals surface area contributed by atoms with E-state index in [1.54, 1.807) is 14.0 Å². The summed E-state index contributed by atoms with van der Waals surface area (Å²) in [5, 5.41) is 8.73. The summed E-state index contributed by atoms with van der Waals surface area (Å²) >= 11 is 0. The number of ether oxygens (including phenoxy) is 1. The number of carboxylic acids is 1. The molecule has 0 saturated carbocycles. The van der Waals surface area contributed by atoms with Crippen molar-refractivity contribution < 1.29 is 19.4 Å². The van der Waals surface area contributed by atoms with E-state index in [0.29, 0.717) is 13.2 Å². The summed E-state index contributed by atoms with van der Waals surface area (Å²) in [4.78, 5) is 24.7. The fourth-order valence-corrected chi connectivity index (χ4v) is 2.22. The fourth-order valence-electron chi connectivity index (χ4n) is 2.22. The van der Waals surface area contributed by atoms with Crippen molar-refractivity contribution in [2.75, 3.05) is 20.3 Å². The monoisotopic (exact) mass is 273 g/mol. The molecular weight excluding hydrogens is 246 g/mol. The van der Waals surface area contributed by atoms with Crippen LogP contribution in [0.2, 0.25) is 0 Å². The summed E-state index contributed by atoms with van der Waals surface area (Å²) < 4.78 is 5.04. The van der Waals surface area contributed by atoms with Crippen molar-refractivity contribution in [2.24, 2.45) is 5.92 Å². The number of methoxy groups -OCH3 is 1. The second-order valence-corrected chi connectivity index (χ2v) is 4.96. The number of amides is 1. The third-order valence-corrected chi connectivity index (χ3v) is 3.29. The highest BCUT2D eigenvalue weighted by Gasteiger charge is 2.23. The van der Waals surface area contributed by atoms with Crippen molar-refractivity contribution in [3.63, 3.8) is 0 Å². The topological polar surface area (TPSA) is 66.8 Å². The van der Waals surface area contributed by atoms with Crippen LogP contribution in [0.1, 0.15) is 46.5 Å². The van der Waals surface area contributed by atoms with E-state index < -0.39 is 5.97 Å². The number of hydrogen-bond acceptors (Lipinski definition) is 3. The van der Waals surface area contributed by atoms with Crippen LogP contribution >= 0.6 is 0 Å². The van der Waals surface area contributed by atoms with Crippen molar-refractivity contribution in [1.82, 2.24) is 4.90 Å². The molecule has 0 bridgehead atoms. The molecule has 1 N–H and O–H groups in total. The van der Waals surface area contributed by atoms with Crippen LogP contribution in [-0.2, 0) is 14.3 Å². The van der Waals surface area contributed by atoms with Gasteiger partial charge in [0.05, 0.1) is 6.61 Å². The molecule has 0 rings (SSSR count). The quantitative estimate of drug-likeness (QED) is 0.662. The van der Waals surface area contributed by atoms with E-state index in [1.165, 1.54) is 0 Å². The molecule has 0 aliphatic carbocycles. The number of rotatable bonds is 10. The van der Waals surface area contributed by atoms with Gasteiger partial charge in [-0.2, -0.15) is 0 Å². The first-order valence-corrected chi connectivity index (χ1v) is 6.96. The standard InChI is InChI=1S/C14H27NO4/c1-5-12(6-2)15(7-8-19-4)13(16)9-11(3)10-14(17)18/h11-12H,5-10H2,1-4H3,(H,17,18). The zero-order chi connectivity index (χ0) is 14.8. The molecule has 5 heteroatoms. The van der Waals surface area contributed by atoms with Crippen LogP contribution in [0, 0.1) is 5.92 Å². The third kappa shape index (κ3) is 7.15. The minimum atomic E-state index is -0.855. The van der Waals surface area contributed by atoms with Crippen LogP contribution in [0.15, 0.2) is 0 Å². The molecule has 0 aromatic carbocycles. The van der Waals surface area contributed by atoms with Gasteiger partial charge in [-0.1, -0.05) is 20.8 Å². The second-order valence-electron chi connectivity index (χ2n) is 4.96. The van der Waals surface area contributed by atoms with E-state index in [0.717, 1.165) is 12.8 Å². The van der Waals surface area contributed by atoms with E-state index in [2.05, 4.69) is 13.8 Å². The van der Waals surface area contributed by atoms with Crippen molar-refractivity contribution in [3.8, 4) is 0 Å². The molecule has 0 aliphatic heterocycles. The molecule has 0 aliphatic rings. The van der Waals surface area contributed by atoms with Crippen LogP contribution in [0.25, 0.3) is 0 Å². The predicted octanol–water partition coefficient (Wildman–Crippen LogP) is 2.15. The highest BCUT2D eigenvalue weighted by atomic mass is 16.5. The van der Waals surface area contributed by atoms with Gasteiger partial charge in [0.25, 0.3) is 0 Å². The largest absolute Gasteiger partial charge is 0.481 e. The Labute approximate surface area is 115 Å². The van der Waals surface area contributed by atoms with Crippen molar-refractivity contribution in [1.29, 1.82) is 0 Å². The zero-order valence-corrected chi connectivity index (χ0v) is 12.5. The number of carbonyl (C=O) groups is 2. The van der Waals surface area contributed by atoms with Gasteiger partial charge in [-0.25, -0.2) is 0 Å². The lowest BCUT2D eigenvalue weighted by molar-refractivity contribution is -0.139. The minimum Gasteiger partial charge on any atom is -0.481 e. The van der Waals surface area contributed by atoms with Crippen LogP contribution in [-0.4, -0.2) is 48.2 Å². The first kappa shape index (κ1) is 17.9. The smallest absolute Gasteiger partial charge is 0.303 e. The fraction of sp³-hybridized carbons (Fsp3) is 0.857. The van der Waals surface area contributed by atoms with Gasteiger partial charge in [-0.15, -0.1) is 0 Å². The molecule has 0 aromatic heterocycles. The van der Waals surface area contributed by atoms with Crippen LogP contribution in [0.4, 0.5) is 0 Å². The minimum absolute atomic E-state index is 0.0273. The Hall–Kier alpha value is -1.10. The Morgan fingerprint density at radius 2 is 1.79 bits per heavy atom. The van der Waals surface area contributed by atoms with E-state index in [9.17, 15) is 9.59 Å². The maximum Gasteiger partial charge on any atom is 0.303 e. The first-order chi connectivity index (χ1) is 8.96. The number of carbonyl (C=O) groups excluding carboxylic acids is 1. The molecule has 1 atom stereocenters. The normalized spacial score (nSPS) is 12.5. The van der Waals surface area contributed by atoms with Gasteiger partial charge in [-0.05, 0) is 18.8 Å². The highest BCUT2D eigenvalue weighted by Crippen LogP contribution is 2.15. The van der Waals surface area contributed by atoms with Crippen molar-refractivity contribution in [2.45, 2.75) is 52.5 Å². The molecule has 0 radical (unpaired) electrons. The van der Waals surface area contributed by atoms with Crippen LogP contribution in [0.3, 0.4) is 0 Å². The van der Waals surface area contributed by atoms with Crippen LogP contribution in [0.5, 0.6) is 0 Å². The average Bonchev–Trinajstić information content (AvgIpc) is 2.33. The lowest BCUT2D eigenvalue weighted by Gasteiger charge is -2.31. The molecule has 1 amide bonds. The molecule has 0 spiro atoms. The Kier molecular flexibility index (Phi) is 9.21. The van der Waals surface area contributed by atoms with Crippen LogP contribution < -0.4 is 0 Å².